The molecule has 2 saturated heterocycles. The van der Waals surface area contributed by atoms with Crippen LogP contribution in [-0.4, -0.2) is 74.6 Å². The number of hydrogen-bond acceptors (Lipinski definition) is 5. The molecule has 0 aliphatic carbocycles. The topological polar surface area (TPSA) is 60.0 Å². The van der Waals surface area contributed by atoms with Gasteiger partial charge in [0, 0.05) is 26.2 Å². The third-order valence-electron chi connectivity index (χ3n) is 3.61. The van der Waals surface area contributed by atoms with Crippen molar-refractivity contribution in [3.63, 3.8) is 0 Å². The molecule has 0 aromatic heterocycles. The summed E-state index contributed by atoms with van der Waals surface area (Å²) in [5.41, 5.74) is -0.177. The minimum Gasteiger partial charge on any atom is -0.378 e. The Morgan fingerprint density at radius 1 is 1.45 bits per heavy atom. The van der Waals surface area contributed by atoms with Gasteiger partial charge in [0.2, 0.25) is 0 Å². The average Bonchev–Trinajstić information content (AvgIpc) is 2.44. The molecule has 20 heavy (non-hydrogen) atoms. The molecule has 0 saturated carbocycles. The molecule has 0 spiro atoms. The van der Waals surface area contributed by atoms with E-state index in [1.807, 2.05) is 0 Å². The molecule has 6 nitrogen and oxygen atoms in total. The summed E-state index contributed by atoms with van der Waals surface area (Å²) in [7, 11) is 0. The smallest absolute Gasteiger partial charge is 0.251 e. The van der Waals surface area contributed by atoms with Crippen LogP contribution in [0.2, 0.25) is 0 Å². The largest absolute Gasteiger partial charge is 0.378 e. The van der Waals surface area contributed by atoms with Crippen LogP contribution in [0.25, 0.3) is 0 Å². The maximum atomic E-state index is 12.2. The van der Waals surface area contributed by atoms with Crippen LogP contribution in [0.3, 0.4) is 0 Å². The Hall–Kier alpha value is -0.690. The Morgan fingerprint density at radius 2 is 2.15 bits per heavy atom. The third kappa shape index (κ3) is 4.41. The first-order valence-corrected chi connectivity index (χ1v) is 7.34. The van der Waals surface area contributed by atoms with Gasteiger partial charge in [0.15, 0.2) is 0 Å². The van der Waals surface area contributed by atoms with E-state index in [0.717, 1.165) is 13.1 Å². The SMILES string of the molecule is CC(OCC1CNCC(C)(C)O1)C(=O)N1CCOCC1. The van der Waals surface area contributed by atoms with E-state index in [0.29, 0.717) is 32.9 Å². The van der Waals surface area contributed by atoms with Crippen molar-refractivity contribution in [1.82, 2.24) is 10.2 Å². The van der Waals surface area contributed by atoms with Crippen molar-refractivity contribution in [3.05, 3.63) is 0 Å². The predicted molar refractivity (Wildman–Crippen MR) is 74.6 cm³/mol. The van der Waals surface area contributed by atoms with Gasteiger partial charge >= 0.3 is 0 Å². The molecule has 0 bridgehead atoms. The van der Waals surface area contributed by atoms with Gasteiger partial charge in [-0.3, -0.25) is 4.79 Å². The summed E-state index contributed by atoms with van der Waals surface area (Å²) in [5, 5.41) is 3.32. The molecule has 1 amide bonds. The second-order valence-electron chi connectivity index (χ2n) is 6.04. The van der Waals surface area contributed by atoms with Crippen LogP contribution in [0.1, 0.15) is 20.8 Å². The lowest BCUT2D eigenvalue weighted by molar-refractivity contribution is -0.156. The first kappa shape index (κ1) is 15.7. The van der Waals surface area contributed by atoms with Gasteiger partial charge < -0.3 is 24.4 Å². The van der Waals surface area contributed by atoms with E-state index in [1.165, 1.54) is 0 Å². The number of nitrogens with zero attached hydrogens (tertiary/aromatic N) is 1. The fourth-order valence-electron chi connectivity index (χ4n) is 2.53. The quantitative estimate of drug-likeness (QED) is 0.789. The Bertz CT molecular complexity index is 329. The highest BCUT2D eigenvalue weighted by Gasteiger charge is 2.30. The van der Waals surface area contributed by atoms with Crippen LogP contribution < -0.4 is 5.32 Å². The van der Waals surface area contributed by atoms with Crippen molar-refractivity contribution < 1.29 is 19.0 Å². The molecule has 6 heteroatoms. The standard InChI is InChI=1S/C14H26N2O4/c1-11(13(17)16-4-6-18-7-5-16)19-9-12-8-15-10-14(2,3)20-12/h11-12,15H,4-10H2,1-3H3. The molecule has 0 radical (unpaired) electrons. The maximum Gasteiger partial charge on any atom is 0.251 e. The van der Waals surface area contributed by atoms with Crippen LogP contribution in [0, 0.1) is 0 Å². The molecule has 2 aliphatic rings. The number of nitrogens with one attached hydrogen (secondary N) is 1. The lowest BCUT2D eigenvalue weighted by Crippen LogP contribution is -2.52. The van der Waals surface area contributed by atoms with Gasteiger partial charge in [-0.2, -0.15) is 0 Å². The summed E-state index contributed by atoms with van der Waals surface area (Å²) in [4.78, 5) is 14.0. The molecular formula is C14H26N2O4. The highest BCUT2D eigenvalue weighted by atomic mass is 16.6. The lowest BCUT2D eigenvalue weighted by Gasteiger charge is -2.37. The number of amides is 1. The highest BCUT2D eigenvalue weighted by molar-refractivity contribution is 5.80. The molecule has 1 N–H and O–H groups in total. The lowest BCUT2D eigenvalue weighted by atomic mass is 10.1. The molecule has 2 rings (SSSR count). The zero-order valence-corrected chi connectivity index (χ0v) is 12.7. The van der Waals surface area contributed by atoms with E-state index in [4.69, 9.17) is 14.2 Å². The monoisotopic (exact) mass is 286 g/mol. The van der Waals surface area contributed by atoms with Crippen LogP contribution in [0.4, 0.5) is 0 Å². The molecule has 2 atom stereocenters. The van der Waals surface area contributed by atoms with Gasteiger partial charge in [-0.15, -0.1) is 0 Å². The van der Waals surface area contributed by atoms with E-state index < -0.39 is 6.10 Å². The number of morpholine rings is 2. The Kier molecular flexibility index (Phi) is 5.37. The van der Waals surface area contributed by atoms with E-state index in [9.17, 15) is 4.79 Å². The second-order valence-corrected chi connectivity index (χ2v) is 6.04. The van der Waals surface area contributed by atoms with E-state index >= 15 is 0 Å². The number of rotatable bonds is 4. The fraction of sp³-hybridized carbons (Fsp3) is 0.929. The van der Waals surface area contributed by atoms with Crippen molar-refractivity contribution in [2.45, 2.75) is 38.6 Å². The van der Waals surface area contributed by atoms with Gasteiger partial charge in [-0.1, -0.05) is 0 Å². The Morgan fingerprint density at radius 3 is 2.80 bits per heavy atom. The van der Waals surface area contributed by atoms with Crippen molar-refractivity contribution in [2.24, 2.45) is 0 Å². The van der Waals surface area contributed by atoms with Gasteiger partial charge in [-0.25, -0.2) is 0 Å². The normalized spacial score (nSPS) is 28.1. The molecule has 2 fully saturated rings. The minimum absolute atomic E-state index is 0.00121. The first-order chi connectivity index (χ1) is 9.48. The van der Waals surface area contributed by atoms with Crippen LogP contribution >= 0.6 is 0 Å². The van der Waals surface area contributed by atoms with Crippen LogP contribution in [-0.2, 0) is 19.0 Å². The number of hydrogen-bond donors (Lipinski definition) is 1. The summed E-state index contributed by atoms with van der Waals surface area (Å²) in [5.74, 6) is 0.0383. The molecule has 116 valence electrons. The molecule has 2 unspecified atom stereocenters. The van der Waals surface area contributed by atoms with Crippen LogP contribution in [0.15, 0.2) is 0 Å². The molecule has 2 aliphatic heterocycles. The van der Waals surface area contributed by atoms with E-state index in [-0.39, 0.29) is 17.6 Å². The molecule has 0 aromatic rings. The minimum atomic E-state index is -0.429. The zero-order chi connectivity index (χ0) is 14.6. The predicted octanol–water partition coefficient (Wildman–Crippen LogP) is 0.0173. The number of carbonyl (C=O) groups excluding carboxylic acids is 1. The molecule has 0 aromatic carbocycles. The van der Waals surface area contributed by atoms with Crippen molar-refractivity contribution in [3.8, 4) is 0 Å². The summed E-state index contributed by atoms with van der Waals surface area (Å²) >= 11 is 0. The van der Waals surface area contributed by atoms with Gasteiger partial charge in [-0.05, 0) is 20.8 Å². The van der Waals surface area contributed by atoms with Crippen molar-refractivity contribution in [2.75, 3.05) is 46.0 Å². The van der Waals surface area contributed by atoms with Gasteiger partial charge in [0.25, 0.3) is 5.91 Å². The maximum absolute atomic E-state index is 12.2. The van der Waals surface area contributed by atoms with Crippen molar-refractivity contribution >= 4 is 5.91 Å². The molecular weight excluding hydrogens is 260 g/mol. The summed E-state index contributed by atoms with van der Waals surface area (Å²) in [6.45, 7) is 10.5. The number of ether oxygens (including phenoxy) is 3. The Labute approximate surface area is 120 Å². The van der Waals surface area contributed by atoms with E-state index in [1.54, 1.807) is 11.8 Å². The summed E-state index contributed by atoms with van der Waals surface area (Å²) in [6, 6.07) is 0. The Balaban J connectivity index is 1.73. The summed E-state index contributed by atoms with van der Waals surface area (Å²) in [6.07, 6.45) is -0.430. The van der Waals surface area contributed by atoms with Crippen molar-refractivity contribution in [1.29, 1.82) is 0 Å². The second kappa shape index (κ2) is 6.85. The van der Waals surface area contributed by atoms with Crippen LogP contribution in [0.5, 0.6) is 0 Å². The third-order valence-corrected chi connectivity index (χ3v) is 3.61. The first-order valence-electron chi connectivity index (χ1n) is 7.34. The number of carbonyl (C=O) groups is 1. The highest BCUT2D eigenvalue weighted by Crippen LogP contribution is 2.16. The average molecular weight is 286 g/mol. The molecule has 2 heterocycles. The fourth-order valence-corrected chi connectivity index (χ4v) is 2.53. The van der Waals surface area contributed by atoms with Gasteiger partial charge in [0.05, 0.1) is 31.5 Å². The summed E-state index contributed by atoms with van der Waals surface area (Å²) < 4.78 is 16.9. The zero-order valence-electron chi connectivity index (χ0n) is 12.7. The van der Waals surface area contributed by atoms with E-state index in [2.05, 4.69) is 19.2 Å². The van der Waals surface area contributed by atoms with Gasteiger partial charge in [0.1, 0.15) is 6.10 Å².